The van der Waals surface area contributed by atoms with Crippen molar-refractivity contribution in [3.8, 4) is 22.4 Å². The van der Waals surface area contributed by atoms with Gasteiger partial charge in [0.25, 0.3) is 5.92 Å². The van der Waals surface area contributed by atoms with E-state index in [1.54, 1.807) is 23.1 Å². The minimum atomic E-state index is -2.98. The van der Waals surface area contributed by atoms with E-state index in [0.717, 1.165) is 56.9 Å². The van der Waals surface area contributed by atoms with Gasteiger partial charge in [-0.25, -0.2) is 13.8 Å². The predicted molar refractivity (Wildman–Crippen MR) is 144 cm³/mol. The number of halogens is 2. The van der Waals surface area contributed by atoms with Crippen molar-refractivity contribution in [3.05, 3.63) is 95.4 Å². The number of fused-ring (bicyclic) bond motifs is 3. The van der Waals surface area contributed by atoms with Crippen LogP contribution in [0.25, 0.3) is 22.4 Å². The summed E-state index contributed by atoms with van der Waals surface area (Å²) in [6.45, 7) is 0.138. The number of nitrogens with one attached hydrogen (secondary N) is 1. The van der Waals surface area contributed by atoms with Crippen molar-refractivity contribution >= 4 is 29.0 Å². The Morgan fingerprint density at radius 2 is 1.58 bits per heavy atom. The van der Waals surface area contributed by atoms with Crippen LogP contribution in [0, 0.1) is 0 Å². The molecule has 7 heteroatoms. The number of thiazole rings is 1. The van der Waals surface area contributed by atoms with Gasteiger partial charge < -0.3 is 5.32 Å². The van der Waals surface area contributed by atoms with Crippen LogP contribution in [0.2, 0.25) is 0 Å². The van der Waals surface area contributed by atoms with E-state index < -0.39 is 17.9 Å². The first-order valence-electron chi connectivity index (χ1n) is 11.9. The highest BCUT2D eigenvalue weighted by Gasteiger charge is 2.48. The van der Waals surface area contributed by atoms with Gasteiger partial charge in [-0.1, -0.05) is 90.6 Å². The average Bonchev–Trinajstić information content (AvgIpc) is 3.47. The summed E-state index contributed by atoms with van der Waals surface area (Å²) in [5.74, 6) is -2.58. The molecule has 0 saturated heterocycles. The summed E-state index contributed by atoms with van der Waals surface area (Å²) in [6.07, 6.45) is 1.25. The van der Waals surface area contributed by atoms with Crippen molar-refractivity contribution in [2.45, 2.75) is 35.4 Å². The van der Waals surface area contributed by atoms with E-state index in [1.165, 1.54) is 0 Å². The Labute approximate surface area is 218 Å². The van der Waals surface area contributed by atoms with Gasteiger partial charge in [-0.2, -0.15) is 0 Å². The number of rotatable bonds is 9. The van der Waals surface area contributed by atoms with E-state index in [4.69, 9.17) is 4.98 Å². The van der Waals surface area contributed by atoms with E-state index >= 15 is 0 Å². The van der Waals surface area contributed by atoms with Crippen molar-refractivity contribution < 1.29 is 13.6 Å². The molecular weight excluding hydrogens is 494 g/mol. The van der Waals surface area contributed by atoms with Crippen LogP contribution < -0.4 is 5.32 Å². The fraction of sp³-hybridized carbons (Fsp3) is 0.241. The van der Waals surface area contributed by atoms with Crippen LogP contribution >= 0.6 is 23.1 Å². The lowest BCUT2D eigenvalue weighted by Gasteiger charge is -2.31. The van der Waals surface area contributed by atoms with Crippen LogP contribution in [-0.2, 0) is 10.2 Å². The molecule has 3 aromatic carbocycles. The molecule has 1 heterocycles. The Morgan fingerprint density at radius 1 is 0.972 bits per heavy atom. The molecule has 1 aromatic heterocycles. The fourth-order valence-corrected chi connectivity index (χ4v) is 6.75. The Kier molecular flexibility index (Phi) is 6.95. The highest BCUT2D eigenvalue weighted by atomic mass is 32.2. The Balaban J connectivity index is 1.37. The molecule has 0 atom stereocenters. The molecule has 0 fully saturated rings. The lowest BCUT2D eigenvalue weighted by Crippen LogP contribution is -2.47. The van der Waals surface area contributed by atoms with Gasteiger partial charge in [-0.3, -0.25) is 4.79 Å². The van der Waals surface area contributed by atoms with Crippen LogP contribution in [0.1, 0.15) is 30.9 Å². The smallest absolute Gasteiger partial charge is 0.262 e. The number of benzene rings is 3. The molecule has 0 bridgehead atoms. The first kappa shape index (κ1) is 24.7. The molecule has 1 amide bonds. The van der Waals surface area contributed by atoms with Gasteiger partial charge in [-0.15, -0.1) is 11.3 Å². The molecule has 3 nitrogen and oxygen atoms in total. The maximum Gasteiger partial charge on any atom is 0.262 e. The Bertz CT molecular complexity index is 1320. The van der Waals surface area contributed by atoms with Gasteiger partial charge in [0.05, 0.1) is 12.2 Å². The standard InChI is InChI=1S/C29H26F2N2OS2/c1-28(30,31)19-32-26(34)29(23-14-7-5-12-21(23)22-13-6-8-15-24(22)29)16-9-17-35-27-33-25(18-36-27)20-10-3-2-4-11-20/h2-8,10-15,18H,9,16-17,19H2,1H3,(H,32,34). The molecule has 0 spiro atoms. The molecule has 184 valence electrons. The van der Waals surface area contributed by atoms with Crippen molar-refractivity contribution in [2.24, 2.45) is 0 Å². The maximum atomic E-state index is 13.7. The third-order valence-corrected chi connectivity index (χ3v) is 8.59. The number of hydrogen-bond donors (Lipinski definition) is 1. The van der Waals surface area contributed by atoms with Gasteiger partial charge in [-0.05, 0) is 35.1 Å². The van der Waals surface area contributed by atoms with E-state index in [1.807, 2.05) is 78.9 Å². The molecule has 4 aromatic rings. The van der Waals surface area contributed by atoms with Crippen molar-refractivity contribution in [1.82, 2.24) is 10.3 Å². The summed E-state index contributed by atoms with van der Waals surface area (Å²) in [7, 11) is 0. The minimum Gasteiger partial charge on any atom is -0.349 e. The number of alkyl halides is 2. The lowest BCUT2D eigenvalue weighted by atomic mass is 9.73. The maximum absolute atomic E-state index is 13.7. The summed E-state index contributed by atoms with van der Waals surface area (Å²) in [4.78, 5) is 18.5. The minimum absolute atomic E-state index is 0.368. The number of carbonyl (C=O) groups excluding carboxylic acids is 1. The molecule has 0 unspecified atom stereocenters. The molecule has 0 saturated carbocycles. The zero-order chi connectivity index (χ0) is 25.2. The normalized spacial score (nSPS) is 13.8. The highest BCUT2D eigenvalue weighted by molar-refractivity contribution is 8.01. The molecule has 36 heavy (non-hydrogen) atoms. The van der Waals surface area contributed by atoms with E-state index in [-0.39, 0.29) is 5.91 Å². The largest absolute Gasteiger partial charge is 0.349 e. The summed E-state index contributed by atoms with van der Waals surface area (Å²) in [5.41, 5.74) is 4.79. The zero-order valence-corrected chi connectivity index (χ0v) is 21.5. The number of thioether (sulfide) groups is 1. The highest BCUT2D eigenvalue weighted by Crippen LogP contribution is 2.51. The zero-order valence-electron chi connectivity index (χ0n) is 19.8. The van der Waals surface area contributed by atoms with E-state index in [2.05, 4.69) is 10.7 Å². The SMILES string of the molecule is CC(F)(F)CNC(=O)C1(CCCSc2nc(-c3ccccc3)cs2)c2ccccc2-c2ccccc21. The topological polar surface area (TPSA) is 42.0 Å². The molecule has 1 aliphatic rings. The molecular formula is C29H26F2N2OS2. The molecule has 1 N–H and O–H groups in total. The van der Waals surface area contributed by atoms with Crippen LogP contribution in [0.3, 0.4) is 0 Å². The van der Waals surface area contributed by atoms with E-state index in [9.17, 15) is 13.6 Å². The van der Waals surface area contributed by atoms with Crippen molar-refractivity contribution in [3.63, 3.8) is 0 Å². The first-order valence-corrected chi connectivity index (χ1v) is 13.7. The van der Waals surface area contributed by atoms with E-state index in [0.29, 0.717) is 6.42 Å². The number of carbonyl (C=O) groups is 1. The van der Waals surface area contributed by atoms with Gasteiger partial charge >= 0.3 is 0 Å². The molecule has 1 aliphatic carbocycles. The van der Waals surface area contributed by atoms with Crippen molar-refractivity contribution in [1.29, 1.82) is 0 Å². The number of aromatic nitrogens is 1. The van der Waals surface area contributed by atoms with Gasteiger partial charge in [0, 0.05) is 23.6 Å². The van der Waals surface area contributed by atoms with Crippen LogP contribution in [0.5, 0.6) is 0 Å². The number of nitrogens with zero attached hydrogens (tertiary/aromatic N) is 1. The molecule has 0 radical (unpaired) electrons. The second kappa shape index (κ2) is 10.1. The Morgan fingerprint density at radius 3 is 2.22 bits per heavy atom. The number of amides is 1. The summed E-state index contributed by atoms with van der Waals surface area (Å²) in [5, 5.41) is 4.62. The van der Waals surface area contributed by atoms with Gasteiger partial charge in [0.15, 0.2) is 4.34 Å². The summed E-state index contributed by atoms with van der Waals surface area (Å²) in [6, 6.07) is 25.7. The van der Waals surface area contributed by atoms with Crippen LogP contribution in [0.15, 0.2) is 88.6 Å². The summed E-state index contributed by atoms with van der Waals surface area (Å²) < 4.78 is 28.3. The van der Waals surface area contributed by atoms with Gasteiger partial charge in [0.2, 0.25) is 5.91 Å². The quantitative estimate of drug-likeness (QED) is 0.184. The van der Waals surface area contributed by atoms with Crippen LogP contribution in [-0.4, -0.2) is 29.1 Å². The second-order valence-electron chi connectivity index (χ2n) is 9.07. The number of hydrogen-bond acceptors (Lipinski definition) is 4. The lowest BCUT2D eigenvalue weighted by molar-refractivity contribution is -0.127. The van der Waals surface area contributed by atoms with Crippen molar-refractivity contribution in [2.75, 3.05) is 12.3 Å². The van der Waals surface area contributed by atoms with Gasteiger partial charge in [0.1, 0.15) is 5.41 Å². The third-order valence-electron chi connectivity index (χ3n) is 6.49. The fourth-order valence-electron chi connectivity index (χ4n) is 4.90. The predicted octanol–water partition coefficient (Wildman–Crippen LogP) is 7.42. The van der Waals surface area contributed by atoms with Crippen LogP contribution in [0.4, 0.5) is 8.78 Å². The third kappa shape index (κ3) is 4.82. The molecule has 5 rings (SSSR count). The summed E-state index contributed by atoms with van der Waals surface area (Å²) >= 11 is 3.28. The molecule has 0 aliphatic heterocycles. The average molecular weight is 521 g/mol. The Hall–Kier alpha value is -3.03. The first-order chi connectivity index (χ1) is 17.4. The monoisotopic (exact) mass is 520 g/mol. The second-order valence-corrected chi connectivity index (χ2v) is 11.3.